The molecular formula is C7H10F2O2. The van der Waals surface area contributed by atoms with Gasteiger partial charge in [-0.15, -0.1) is 0 Å². The van der Waals surface area contributed by atoms with E-state index in [2.05, 4.69) is 0 Å². The van der Waals surface area contributed by atoms with Gasteiger partial charge < -0.3 is 5.11 Å². The largest absolute Gasteiger partial charge is 0.481 e. The average Bonchev–Trinajstić information content (AvgIpc) is 2.42. The molecule has 1 N–H and O–H groups in total. The smallest absolute Gasteiger partial charge is 0.309 e. The summed E-state index contributed by atoms with van der Waals surface area (Å²) in [5, 5.41) is 8.13. The van der Waals surface area contributed by atoms with Gasteiger partial charge >= 0.3 is 5.97 Å². The molecule has 0 radical (unpaired) electrons. The Balaban J connectivity index is 2.46. The third-order valence-electron chi connectivity index (χ3n) is 2.04. The fraction of sp³-hybridized carbons (Fsp3) is 0.857. The minimum absolute atomic E-state index is 0.00986. The molecule has 1 rings (SSSR count). The Morgan fingerprint density at radius 1 is 1.73 bits per heavy atom. The molecule has 4 heteroatoms. The number of aliphatic carboxylic acids is 1. The van der Waals surface area contributed by atoms with Crippen LogP contribution in [0.3, 0.4) is 0 Å². The molecule has 2 atom stereocenters. The van der Waals surface area contributed by atoms with Gasteiger partial charge in [-0.3, -0.25) is 4.79 Å². The van der Waals surface area contributed by atoms with Crippen LogP contribution in [0.2, 0.25) is 0 Å². The van der Waals surface area contributed by atoms with Crippen LogP contribution in [-0.4, -0.2) is 17.0 Å². The molecule has 1 saturated carbocycles. The first kappa shape index (κ1) is 8.43. The van der Waals surface area contributed by atoms with E-state index in [0.29, 0.717) is 6.42 Å². The van der Waals surface area contributed by atoms with E-state index in [9.17, 15) is 13.6 Å². The molecule has 11 heavy (non-hydrogen) atoms. The van der Waals surface area contributed by atoms with Gasteiger partial charge in [0.2, 0.25) is 0 Å². The predicted octanol–water partition coefficient (Wildman–Crippen LogP) is 1.75. The highest BCUT2D eigenvalue weighted by molar-refractivity contribution is 5.68. The van der Waals surface area contributed by atoms with E-state index >= 15 is 0 Å². The molecule has 0 aromatic rings. The molecule has 2 unspecified atom stereocenters. The van der Waals surface area contributed by atoms with Crippen LogP contribution in [0, 0.1) is 11.8 Å². The summed E-state index contributed by atoms with van der Waals surface area (Å²) in [6.45, 7) is 1.71. The van der Waals surface area contributed by atoms with Crippen LogP contribution in [0.1, 0.15) is 19.8 Å². The Kier molecular flexibility index (Phi) is 1.86. The van der Waals surface area contributed by atoms with Gasteiger partial charge in [-0.2, -0.15) is 0 Å². The Hall–Kier alpha value is -0.670. The standard InChI is InChI=1S/C7H10F2O2/c1-4-2-5(4)7(8,9)3-6(10)11/h4-5H,2-3H2,1H3,(H,10,11). The highest BCUT2D eigenvalue weighted by Gasteiger charge is 2.53. The zero-order valence-corrected chi connectivity index (χ0v) is 6.18. The first-order chi connectivity index (χ1) is 4.93. The van der Waals surface area contributed by atoms with E-state index in [1.165, 1.54) is 0 Å². The second-order valence-electron chi connectivity index (χ2n) is 3.15. The quantitative estimate of drug-likeness (QED) is 0.689. The lowest BCUT2D eigenvalue weighted by atomic mass is 10.1. The molecule has 1 aliphatic rings. The third-order valence-corrected chi connectivity index (χ3v) is 2.04. The minimum Gasteiger partial charge on any atom is -0.481 e. The van der Waals surface area contributed by atoms with Gasteiger partial charge in [-0.25, -0.2) is 8.78 Å². The van der Waals surface area contributed by atoms with Crippen LogP contribution in [-0.2, 0) is 4.79 Å². The van der Waals surface area contributed by atoms with Crippen molar-refractivity contribution in [1.29, 1.82) is 0 Å². The highest BCUT2D eigenvalue weighted by Crippen LogP contribution is 2.50. The van der Waals surface area contributed by atoms with Crippen LogP contribution < -0.4 is 0 Å². The molecule has 0 aliphatic heterocycles. The highest BCUT2D eigenvalue weighted by atomic mass is 19.3. The van der Waals surface area contributed by atoms with Crippen LogP contribution >= 0.6 is 0 Å². The maximum atomic E-state index is 12.7. The Morgan fingerprint density at radius 3 is 2.45 bits per heavy atom. The van der Waals surface area contributed by atoms with Crippen LogP contribution in [0.25, 0.3) is 0 Å². The van der Waals surface area contributed by atoms with Crippen molar-refractivity contribution >= 4 is 5.97 Å². The number of rotatable bonds is 3. The van der Waals surface area contributed by atoms with Gasteiger partial charge in [0, 0.05) is 5.92 Å². The average molecular weight is 164 g/mol. The Morgan fingerprint density at radius 2 is 2.18 bits per heavy atom. The van der Waals surface area contributed by atoms with Gasteiger partial charge in [0.1, 0.15) is 6.42 Å². The summed E-state index contributed by atoms with van der Waals surface area (Å²) in [6.07, 6.45) is -0.567. The number of halogens is 2. The summed E-state index contributed by atoms with van der Waals surface area (Å²) in [5.74, 6) is -5.12. The molecule has 2 nitrogen and oxygen atoms in total. The van der Waals surface area contributed by atoms with E-state index < -0.39 is 24.2 Å². The number of carboxylic acid groups (broad SMARTS) is 1. The Labute approximate surface area is 63.2 Å². The van der Waals surface area contributed by atoms with Crippen molar-refractivity contribution in [2.75, 3.05) is 0 Å². The van der Waals surface area contributed by atoms with Gasteiger partial charge in [-0.05, 0) is 12.3 Å². The number of carboxylic acids is 1. The monoisotopic (exact) mass is 164 g/mol. The number of alkyl halides is 2. The van der Waals surface area contributed by atoms with Gasteiger partial charge in [0.15, 0.2) is 0 Å². The van der Waals surface area contributed by atoms with Crippen LogP contribution in [0.4, 0.5) is 8.78 Å². The second kappa shape index (κ2) is 2.43. The summed E-state index contributed by atoms with van der Waals surface area (Å²) in [5.41, 5.74) is 0. The predicted molar refractivity (Wildman–Crippen MR) is 34.5 cm³/mol. The lowest BCUT2D eigenvalue weighted by Gasteiger charge is -2.12. The minimum atomic E-state index is -2.99. The van der Waals surface area contributed by atoms with Crippen molar-refractivity contribution in [3.8, 4) is 0 Å². The molecule has 1 aliphatic carbocycles. The topological polar surface area (TPSA) is 37.3 Å². The lowest BCUT2D eigenvalue weighted by molar-refractivity contribution is -0.146. The molecule has 0 aromatic heterocycles. The summed E-state index contributed by atoms with van der Waals surface area (Å²) in [4.78, 5) is 9.97. The lowest BCUT2D eigenvalue weighted by Crippen LogP contribution is -2.24. The molecule has 0 saturated heterocycles. The number of carbonyl (C=O) groups is 1. The van der Waals surface area contributed by atoms with E-state index in [0.717, 1.165) is 0 Å². The zero-order chi connectivity index (χ0) is 8.65. The van der Waals surface area contributed by atoms with Crippen molar-refractivity contribution in [3.05, 3.63) is 0 Å². The summed E-state index contributed by atoms with van der Waals surface area (Å²) >= 11 is 0. The molecule has 0 aromatic carbocycles. The van der Waals surface area contributed by atoms with Crippen LogP contribution in [0.15, 0.2) is 0 Å². The van der Waals surface area contributed by atoms with Gasteiger partial charge in [-0.1, -0.05) is 6.92 Å². The normalized spacial score (nSPS) is 30.1. The van der Waals surface area contributed by atoms with Crippen molar-refractivity contribution in [1.82, 2.24) is 0 Å². The SMILES string of the molecule is CC1CC1C(F)(F)CC(=O)O. The third kappa shape index (κ3) is 1.88. The van der Waals surface area contributed by atoms with E-state index in [4.69, 9.17) is 5.11 Å². The fourth-order valence-electron chi connectivity index (χ4n) is 1.24. The van der Waals surface area contributed by atoms with Crippen LogP contribution in [0.5, 0.6) is 0 Å². The molecule has 0 spiro atoms. The molecule has 0 bridgehead atoms. The van der Waals surface area contributed by atoms with E-state index in [-0.39, 0.29) is 5.92 Å². The van der Waals surface area contributed by atoms with E-state index in [1.54, 1.807) is 6.92 Å². The molecule has 0 amide bonds. The first-order valence-corrected chi connectivity index (χ1v) is 3.53. The van der Waals surface area contributed by atoms with Gasteiger partial charge in [0.05, 0.1) is 0 Å². The second-order valence-corrected chi connectivity index (χ2v) is 3.15. The van der Waals surface area contributed by atoms with Crippen molar-refractivity contribution in [3.63, 3.8) is 0 Å². The van der Waals surface area contributed by atoms with E-state index in [1.807, 2.05) is 0 Å². The Bertz CT molecular complexity index is 179. The summed E-state index contributed by atoms with van der Waals surface area (Å²) in [6, 6.07) is 0. The van der Waals surface area contributed by atoms with Gasteiger partial charge in [0.25, 0.3) is 5.92 Å². The maximum Gasteiger partial charge on any atom is 0.309 e. The zero-order valence-electron chi connectivity index (χ0n) is 6.18. The van der Waals surface area contributed by atoms with Crippen molar-refractivity contribution in [2.24, 2.45) is 11.8 Å². The maximum absolute atomic E-state index is 12.7. The number of hydrogen-bond donors (Lipinski definition) is 1. The first-order valence-electron chi connectivity index (χ1n) is 3.53. The molecular weight excluding hydrogens is 154 g/mol. The van der Waals surface area contributed by atoms with Crippen molar-refractivity contribution in [2.45, 2.75) is 25.7 Å². The fourth-order valence-corrected chi connectivity index (χ4v) is 1.24. The summed E-state index contributed by atoms with van der Waals surface area (Å²) in [7, 11) is 0. The van der Waals surface area contributed by atoms with Crippen molar-refractivity contribution < 1.29 is 18.7 Å². The molecule has 1 fully saturated rings. The molecule has 64 valence electrons. The number of hydrogen-bond acceptors (Lipinski definition) is 1. The molecule has 0 heterocycles. The summed E-state index contributed by atoms with van der Waals surface area (Å²) < 4.78 is 25.5.